The first-order chi connectivity index (χ1) is 8.69. The third-order valence-electron chi connectivity index (χ3n) is 3.69. The zero-order valence-electron chi connectivity index (χ0n) is 11.6. The van der Waals surface area contributed by atoms with Gasteiger partial charge in [-0.05, 0) is 57.0 Å². The number of hydrogen-bond donors (Lipinski definition) is 0. The Balaban J connectivity index is 2.01. The summed E-state index contributed by atoms with van der Waals surface area (Å²) in [6.45, 7) is 6.48. The lowest BCUT2D eigenvalue weighted by Gasteiger charge is -2.29. The Morgan fingerprint density at radius 3 is 2.72 bits per heavy atom. The van der Waals surface area contributed by atoms with Crippen molar-refractivity contribution in [1.82, 2.24) is 4.90 Å². The minimum atomic E-state index is 0.377. The molecule has 18 heavy (non-hydrogen) atoms. The Hall–Kier alpha value is -1.28. The van der Waals surface area contributed by atoms with Crippen LogP contribution in [0.2, 0.25) is 0 Å². The largest absolute Gasteiger partial charge is 0.490 e. The molecule has 1 aromatic rings. The minimum absolute atomic E-state index is 0.377. The number of allylic oxidation sites excluding steroid dienone is 2. The van der Waals surface area contributed by atoms with Gasteiger partial charge in [0.2, 0.25) is 0 Å². The van der Waals surface area contributed by atoms with Crippen LogP contribution in [0.1, 0.15) is 32.3 Å². The molecule has 0 unspecified atom stereocenters. The van der Waals surface area contributed by atoms with Gasteiger partial charge >= 0.3 is 0 Å². The Kier molecular flexibility index (Phi) is 4.43. The van der Waals surface area contributed by atoms with E-state index >= 15 is 0 Å². The highest BCUT2D eigenvalue weighted by Gasteiger charge is 2.17. The summed E-state index contributed by atoms with van der Waals surface area (Å²) < 4.78 is 6.09. The molecule has 0 bridgehead atoms. The molecule has 2 heteroatoms. The Labute approximate surface area is 110 Å². The minimum Gasteiger partial charge on any atom is -0.490 e. The third-order valence-corrected chi connectivity index (χ3v) is 3.69. The maximum atomic E-state index is 6.09. The summed E-state index contributed by atoms with van der Waals surface area (Å²) in [4.78, 5) is 2.36. The van der Waals surface area contributed by atoms with Crippen molar-refractivity contribution < 1.29 is 4.74 Å². The first kappa shape index (κ1) is 13.2. The molecule has 1 aliphatic rings. The predicted octanol–water partition coefficient (Wildman–Crippen LogP) is 3.58. The molecule has 0 radical (unpaired) electrons. The first-order valence-electron chi connectivity index (χ1n) is 6.77. The average molecular weight is 245 g/mol. The molecule has 0 N–H and O–H groups in total. The van der Waals surface area contributed by atoms with Crippen molar-refractivity contribution >= 4 is 5.57 Å². The second kappa shape index (κ2) is 6.05. The second-order valence-electron chi connectivity index (χ2n) is 5.12. The molecular formula is C16H23NO. The highest BCUT2D eigenvalue weighted by atomic mass is 16.5. The van der Waals surface area contributed by atoms with Gasteiger partial charge in [-0.2, -0.15) is 0 Å². The highest BCUT2D eigenvalue weighted by Crippen LogP contribution is 2.23. The summed E-state index contributed by atoms with van der Waals surface area (Å²) in [7, 11) is 2.17. The summed E-state index contributed by atoms with van der Waals surface area (Å²) in [6.07, 6.45) is 4.77. The van der Waals surface area contributed by atoms with E-state index in [0.29, 0.717) is 6.10 Å². The maximum absolute atomic E-state index is 6.09. The number of rotatable bonds is 3. The van der Waals surface area contributed by atoms with Crippen LogP contribution < -0.4 is 4.74 Å². The molecule has 0 spiro atoms. The fourth-order valence-corrected chi connectivity index (χ4v) is 2.28. The lowest BCUT2D eigenvalue weighted by Crippen LogP contribution is -2.35. The molecule has 0 aliphatic carbocycles. The fraction of sp³-hybridized carbons (Fsp3) is 0.500. The normalized spacial score (nSPS) is 18.9. The van der Waals surface area contributed by atoms with E-state index < -0.39 is 0 Å². The Bertz CT molecular complexity index is 417. The standard InChI is InChI=1S/C16H23NO/c1-4-13(2)14-6-5-7-16(12-14)18-15-8-10-17(3)11-9-15/h4-7,12,15H,8-11H2,1-3H3. The predicted molar refractivity (Wildman–Crippen MR) is 76.9 cm³/mol. The van der Waals surface area contributed by atoms with Crippen LogP contribution in [0.5, 0.6) is 5.75 Å². The lowest BCUT2D eigenvalue weighted by atomic mass is 10.1. The van der Waals surface area contributed by atoms with Crippen molar-refractivity contribution in [3.63, 3.8) is 0 Å². The molecule has 2 rings (SSSR count). The van der Waals surface area contributed by atoms with Gasteiger partial charge in [0.25, 0.3) is 0 Å². The van der Waals surface area contributed by atoms with Crippen LogP contribution in [0.15, 0.2) is 30.3 Å². The van der Waals surface area contributed by atoms with E-state index in [9.17, 15) is 0 Å². The molecule has 1 aliphatic heterocycles. The average Bonchev–Trinajstić information content (AvgIpc) is 2.41. The summed E-state index contributed by atoms with van der Waals surface area (Å²) in [6, 6.07) is 8.42. The maximum Gasteiger partial charge on any atom is 0.120 e. The molecule has 0 amide bonds. The van der Waals surface area contributed by atoms with E-state index in [2.05, 4.69) is 56.1 Å². The fourth-order valence-electron chi connectivity index (χ4n) is 2.28. The van der Waals surface area contributed by atoms with E-state index in [1.807, 2.05) is 0 Å². The van der Waals surface area contributed by atoms with Gasteiger partial charge in [0, 0.05) is 13.1 Å². The van der Waals surface area contributed by atoms with Gasteiger partial charge in [0.05, 0.1) is 0 Å². The van der Waals surface area contributed by atoms with Gasteiger partial charge in [0.1, 0.15) is 11.9 Å². The van der Waals surface area contributed by atoms with Gasteiger partial charge in [0.15, 0.2) is 0 Å². The first-order valence-corrected chi connectivity index (χ1v) is 6.77. The number of benzene rings is 1. The van der Waals surface area contributed by atoms with Gasteiger partial charge in [-0.1, -0.05) is 18.2 Å². The van der Waals surface area contributed by atoms with Crippen molar-refractivity contribution in [2.75, 3.05) is 20.1 Å². The number of hydrogen-bond acceptors (Lipinski definition) is 2. The SMILES string of the molecule is CC=C(C)c1cccc(OC2CCN(C)CC2)c1. The summed E-state index contributed by atoms with van der Waals surface area (Å²) in [5.74, 6) is 1.00. The Morgan fingerprint density at radius 2 is 2.06 bits per heavy atom. The molecule has 0 aromatic heterocycles. The number of nitrogens with zero attached hydrogens (tertiary/aromatic N) is 1. The van der Waals surface area contributed by atoms with Crippen molar-refractivity contribution in [2.45, 2.75) is 32.8 Å². The molecule has 98 valence electrons. The van der Waals surface area contributed by atoms with E-state index in [1.165, 1.54) is 11.1 Å². The number of piperidine rings is 1. The molecule has 1 saturated heterocycles. The zero-order valence-corrected chi connectivity index (χ0v) is 11.6. The molecule has 1 fully saturated rings. The number of ether oxygens (including phenoxy) is 1. The van der Waals surface area contributed by atoms with Crippen LogP contribution in [0, 0.1) is 0 Å². The van der Waals surface area contributed by atoms with Crippen LogP contribution in [-0.2, 0) is 0 Å². The van der Waals surface area contributed by atoms with Crippen molar-refractivity contribution in [2.24, 2.45) is 0 Å². The topological polar surface area (TPSA) is 12.5 Å². The molecule has 1 heterocycles. The van der Waals surface area contributed by atoms with Crippen molar-refractivity contribution in [3.05, 3.63) is 35.9 Å². The van der Waals surface area contributed by atoms with Gasteiger partial charge in [-0.3, -0.25) is 0 Å². The smallest absolute Gasteiger partial charge is 0.120 e. The highest BCUT2D eigenvalue weighted by molar-refractivity contribution is 5.64. The number of likely N-dealkylation sites (tertiary alicyclic amines) is 1. The van der Waals surface area contributed by atoms with Gasteiger partial charge in [-0.15, -0.1) is 0 Å². The molecule has 0 atom stereocenters. The monoisotopic (exact) mass is 245 g/mol. The third kappa shape index (κ3) is 3.36. The van der Waals surface area contributed by atoms with E-state index in [1.54, 1.807) is 0 Å². The molecule has 0 saturated carbocycles. The van der Waals surface area contributed by atoms with E-state index in [4.69, 9.17) is 4.74 Å². The van der Waals surface area contributed by atoms with Crippen molar-refractivity contribution in [1.29, 1.82) is 0 Å². The van der Waals surface area contributed by atoms with Crippen LogP contribution >= 0.6 is 0 Å². The van der Waals surface area contributed by atoms with Crippen LogP contribution in [-0.4, -0.2) is 31.1 Å². The molecule has 2 nitrogen and oxygen atoms in total. The summed E-state index contributed by atoms with van der Waals surface area (Å²) in [5, 5.41) is 0. The van der Waals surface area contributed by atoms with E-state index in [0.717, 1.165) is 31.7 Å². The quantitative estimate of drug-likeness (QED) is 0.807. The van der Waals surface area contributed by atoms with Crippen LogP contribution in [0.25, 0.3) is 5.57 Å². The van der Waals surface area contributed by atoms with Crippen molar-refractivity contribution in [3.8, 4) is 5.75 Å². The molecule has 1 aromatic carbocycles. The Morgan fingerprint density at radius 1 is 1.33 bits per heavy atom. The molecular weight excluding hydrogens is 222 g/mol. The lowest BCUT2D eigenvalue weighted by molar-refractivity contribution is 0.114. The summed E-state index contributed by atoms with van der Waals surface area (Å²) >= 11 is 0. The summed E-state index contributed by atoms with van der Waals surface area (Å²) in [5.41, 5.74) is 2.55. The van der Waals surface area contributed by atoms with E-state index in [-0.39, 0.29) is 0 Å². The van der Waals surface area contributed by atoms with Crippen LogP contribution in [0.4, 0.5) is 0 Å². The van der Waals surface area contributed by atoms with Gasteiger partial charge < -0.3 is 9.64 Å². The second-order valence-corrected chi connectivity index (χ2v) is 5.12. The van der Waals surface area contributed by atoms with Crippen LogP contribution in [0.3, 0.4) is 0 Å². The van der Waals surface area contributed by atoms with Gasteiger partial charge in [-0.25, -0.2) is 0 Å². The zero-order chi connectivity index (χ0) is 13.0.